The first-order valence-corrected chi connectivity index (χ1v) is 14.7. The molecule has 0 amide bonds. The second-order valence-corrected chi connectivity index (χ2v) is 11.2. The minimum Gasteiger partial charge on any atom is -0.460 e. The quantitative estimate of drug-likeness (QED) is 0.160. The fourth-order valence-electron chi connectivity index (χ4n) is 5.34. The number of hydrogen-bond acceptors (Lipinski definition) is 6. The van der Waals surface area contributed by atoms with Crippen LogP contribution < -0.4 is 0 Å². The molecule has 0 aromatic heterocycles. The maximum absolute atomic E-state index is 12.9. The summed E-state index contributed by atoms with van der Waals surface area (Å²) in [6.07, 6.45) is 15.8. The summed E-state index contributed by atoms with van der Waals surface area (Å²) in [4.78, 5) is 38.1. The van der Waals surface area contributed by atoms with E-state index < -0.39 is 24.0 Å². The lowest BCUT2D eigenvalue weighted by Crippen LogP contribution is -2.27. The topological polar surface area (TPSA) is 78.9 Å². The average molecular weight is 569 g/mol. The van der Waals surface area contributed by atoms with Gasteiger partial charge in [-0.25, -0.2) is 14.4 Å². The van der Waals surface area contributed by atoms with Gasteiger partial charge in [0.15, 0.2) is 0 Å². The molecular weight excluding hydrogens is 528 g/mol. The smallest absolute Gasteiger partial charge is 0.331 e. The molecule has 2 aliphatic rings. The summed E-state index contributed by atoms with van der Waals surface area (Å²) in [5.74, 6) is -1.58. The van der Waals surface area contributed by atoms with Crippen molar-refractivity contribution in [3.05, 3.63) is 107 Å². The van der Waals surface area contributed by atoms with Crippen LogP contribution in [-0.2, 0) is 28.6 Å². The van der Waals surface area contributed by atoms with Gasteiger partial charge in [0.1, 0.15) is 12.2 Å². The molecule has 4 rings (SSSR count). The molecule has 1 fully saturated rings. The summed E-state index contributed by atoms with van der Waals surface area (Å²) in [5, 5.41) is 0. The van der Waals surface area contributed by atoms with Gasteiger partial charge in [-0.2, -0.15) is 0 Å². The van der Waals surface area contributed by atoms with Crippen LogP contribution in [0.3, 0.4) is 0 Å². The summed E-state index contributed by atoms with van der Waals surface area (Å²) in [6, 6.07) is 15.7. The minimum absolute atomic E-state index is 0.00148. The van der Waals surface area contributed by atoms with Crippen LogP contribution in [0, 0.1) is 25.7 Å². The first-order valence-electron chi connectivity index (χ1n) is 14.7. The Balaban J connectivity index is 1.50. The number of allylic oxidation sites excluding steroid dienone is 2. The van der Waals surface area contributed by atoms with Crippen LogP contribution in [0.25, 0.3) is 12.2 Å². The number of fused-ring (bicyclic) bond motifs is 1. The third kappa shape index (κ3) is 9.72. The van der Waals surface area contributed by atoms with Gasteiger partial charge in [0.2, 0.25) is 0 Å². The maximum atomic E-state index is 12.9. The molecule has 1 aliphatic heterocycles. The van der Waals surface area contributed by atoms with E-state index >= 15 is 0 Å². The van der Waals surface area contributed by atoms with Crippen LogP contribution in [0.5, 0.6) is 0 Å². The highest BCUT2D eigenvalue weighted by Gasteiger charge is 2.40. The molecule has 6 nitrogen and oxygen atoms in total. The number of carbonyl (C=O) groups excluding carboxylic acids is 3. The fraction of sp³-hybridized carbons (Fsp3) is 0.361. The predicted octanol–water partition coefficient (Wildman–Crippen LogP) is 7.11. The van der Waals surface area contributed by atoms with Gasteiger partial charge in [0, 0.05) is 24.1 Å². The molecule has 220 valence electrons. The molecule has 6 heteroatoms. The fourth-order valence-corrected chi connectivity index (χ4v) is 5.34. The van der Waals surface area contributed by atoms with Gasteiger partial charge in [-0.3, -0.25) is 0 Å². The molecule has 0 unspecified atom stereocenters. The van der Waals surface area contributed by atoms with Crippen LogP contribution in [0.15, 0.2) is 85.0 Å². The zero-order valence-electron chi connectivity index (χ0n) is 24.6. The van der Waals surface area contributed by atoms with Crippen molar-refractivity contribution in [3.63, 3.8) is 0 Å². The van der Waals surface area contributed by atoms with Crippen molar-refractivity contribution >= 4 is 30.1 Å². The molecule has 2 aromatic carbocycles. The lowest BCUT2D eigenvalue weighted by atomic mass is 9.89. The summed E-state index contributed by atoms with van der Waals surface area (Å²) in [5.41, 5.74) is 4.08. The number of carbonyl (C=O) groups is 3. The highest BCUT2D eigenvalue weighted by molar-refractivity contribution is 5.88. The molecule has 5 atom stereocenters. The standard InChI is InChI=1S/C36H40O6/c1-25-9-13-28(14-10-25)17-20-35(38)41-31-23-30-8-6-4-5-7-27(3)40-34(37)22-19-33(32(30)24-31)42-36(39)21-18-29-15-11-26(2)12-16-29/h6,8-22,27,30-33H,4-5,7,23-24H2,1-3H3/b8-6+,20-17+,21-18+,22-19+/t27-,30+,31-,32+,33+/m0/s1. The summed E-state index contributed by atoms with van der Waals surface area (Å²) in [6.45, 7) is 5.89. The van der Waals surface area contributed by atoms with Crippen molar-refractivity contribution < 1.29 is 28.6 Å². The molecule has 0 spiro atoms. The Morgan fingerprint density at radius 3 is 2.05 bits per heavy atom. The van der Waals surface area contributed by atoms with E-state index in [1.807, 2.05) is 69.3 Å². The van der Waals surface area contributed by atoms with E-state index in [9.17, 15) is 14.4 Å². The van der Waals surface area contributed by atoms with Crippen molar-refractivity contribution in [2.24, 2.45) is 11.8 Å². The third-order valence-electron chi connectivity index (χ3n) is 7.66. The number of rotatable bonds is 6. The van der Waals surface area contributed by atoms with Gasteiger partial charge in [-0.1, -0.05) is 71.8 Å². The molecule has 1 aliphatic carbocycles. The number of ether oxygens (including phenoxy) is 3. The second kappa shape index (κ2) is 15.2. The summed E-state index contributed by atoms with van der Waals surface area (Å²) in [7, 11) is 0. The van der Waals surface area contributed by atoms with Gasteiger partial charge >= 0.3 is 17.9 Å². The number of cyclic esters (lactones) is 1. The Labute approximate surface area is 248 Å². The SMILES string of the molecule is Cc1ccc(/C=C/C(=O)O[C@@H]2C[C@@H]3[C@H](/C=C/CCC[C@H](C)OC(=O)/C=C/[C@H]3OC(=O)/C=C/c3ccc(C)cc3)C2)cc1. The van der Waals surface area contributed by atoms with Crippen LogP contribution in [0.4, 0.5) is 0 Å². The van der Waals surface area contributed by atoms with E-state index in [-0.39, 0.29) is 24.0 Å². The van der Waals surface area contributed by atoms with E-state index in [4.69, 9.17) is 14.2 Å². The van der Waals surface area contributed by atoms with Gasteiger partial charge in [-0.05, 0) is 88.1 Å². The third-order valence-corrected chi connectivity index (χ3v) is 7.66. The molecule has 0 N–H and O–H groups in total. The van der Waals surface area contributed by atoms with Crippen molar-refractivity contribution in [2.45, 2.75) is 71.2 Å². The van der Waals surface area contributed by atoms with Gasteiger partial charge in [0.25, 0.3) is 0 Å². The van der Waals surface area contributed by atoms with E-state index in [1.54, 1.807) is 18.2 Å². The first kappa shape index (κ1) is 30.8. The largest absolute Gasteiger partial charge is 0.460 e. The molecule has 1 heterocycles. The van der Waals surface area contributed by atoms with Gasteiger partial charge in [-0.15, -0.1) is 0 Å². The van der Waals surface area contributed by atoms with Crippen molar-refractivity contribution in [1.82, 2.24) is 0 Å². The van der Waals surface area contributed by atoms with Crippen molar-refractivity contribution in [3.8, 4) is 0 Å². The Morgan fingerprint density at radius 1 is 0.833 bits per heavy atom. The minimum atomic E-state index is -0.703. The van der Waals surface area contributed by atoms with Crippen LogP contribution in [0.1, 0.15) is 61.3 Å². The van der Waals surface area contributed by atoms with E-state index in [1.165, 1.54) is 18.2 Å². The Hall–Kier alpha value is -4.19. The molecule has 0 saturated heterocycles. The Bertz CT molecular complexity index is 1330. The number of esters is 3. The lowest BCUT2D eigenvalue weighted by molar-refractivity contribution is -0.146. The molecule has 2 aromatic rings. The first-order chi connectivity index (χ1) is 20.2. The molecule has 1 saturated carbocycles. The van der Waals surface area contributed by atoms with Crippen LogP contribution in [0.2, 0.25) is 0 Å². The zero-order chi connectivity index (χ0) is 29.9. The average Bonchev–Trinajstić information content (AvgIpc) is 3.36. The van der Waals surface area contributed by atoms with E-state index in [2.05, 4.69) is 12.2 Å². The molecular formula is C36H40O6. The zero-order valence-corrected chi connectivity index (χ0v) is 24.6. The lowest BCUT2D eigenvalue weighted by Gasteiger charge is -2.24. The Kier molecular flexibility index (Phi) is 11.1. The summed E-state index contributed by atoms with van der Waals surface area (Å²) < 4.78 is 17.3. The van der Waals surface area contributed by atoms with Crippen LogP contribution in [-0.4, -0.2) is 36.2 Å². The highest BCUT2D eigenvalue weighted by atomic mass is 16.6. The number of hydrogen-bond donors (Lipinski definition) is 0. The molecule has 0 bridgehead atoms. The molecule has 0 radical (unpaired) electrons. The van der Waals surface area contributed by atoms with E-state index in [0.717, 1.165) is 41.5 Å². The number of aryl methyl sites for hydroxylation is 2. The molecule has 42 heavy (non-hydrogen) atoms. The monoisotopic (exact) mass is 568 g/mol. The van der Waals surface area contributed by atoms with Crippen molar-refractivity contribution in [1.29, 1.82) is 0 Å². The summed E-state index contributed by atoms with van der Waals surface area (Å²) >= 11 is 0. The highest BCUT2D eigenvalue weighted by Crippen LogP contribution is 2.39. The van der Waals surface area contributed by atoms with Gasteiger partial charge < -0.3 is 14.2 Å². The predicted molar refractivity (Wildman–Crippen MR) is 164 cm³/mol. The Morgan fingerprint density at radius 2 is 1.43 bits per heavy atom. The van der Waals surface area contributed by atoms with Gasteiger partial charge in [0.05, 0.1) is 6.10 Å². The second-order valence-electron chi connectivity index (χ2n) is 11.2. The van der Waals surface area contributed by atoms with Crippen LogP contribution >= 0.6 is 0 Å². The maximum Gasteiger partial charge on any atom is 0.331 e. The van der Waals surface area contributed by atoms with E-state index in [0.29, 0.717) is 12.8 Å². The van der Waals surface area contributed by atoms with Crippen molar-refractivity contribution in [2.75, 3.05) is 0 Å². The normalized spacial score (nSPS) is 26.4. The number of benzene rings is 2.